The number of nitrogens with zero attached hydrogens (tertiary/aromatic N) is 2. The standard InChI is InChI=1S/C37H30N2/c1-3-11-30-31-12-5-8-15-35(31)38(34(30)4-2)28-22-18-26(19-23-28)27-20-24-29(25-21-27)39-36-16-9-6-13-32(36)33-14-7-10-17-37(33)39/h4-25H,3H2,1-2H3. The molecule has 2 aromatic heterocycles. The normalized spacial score (nSPS) is 12.8. The van der Waals surface area contributed by atoms with E-state index in [1.54, 1.807) is 0 Å². The third kappa shape index (κ3) is 3.72. The van der Waals surface area contributed by atoms with Crippen LogP contribution < -0.4 is 10.6 Å². The summed E-state index contributed by atoms with van der Waals surface area (Å²) in [6, 6.07) is 43.9. The van der Waals surface area contributed by atoms with E-state index in [9.17, 15) is 0 Å². The van der Waals surface area contributed by atoms with E-state index in [-0.39, 0.29) is 0 Å². The molecule has 0 fully saturated rings. The van der Waals surface area contributed by atoms with Gasteiger partial charge in [-0.15, -0.1) is 0 Å². The summed E-state index contributed by atoms with van der Waals surface area (Å²) in [7, 11) is 0. The van der Waals surface area contributed by atoms with Crippen molar-refractivity contribution in [1.29, 1.82) is 0 Å². The fraction of sp³-hybridized carbons (Fsp3) is 0.0811. The number of para-hydroxylation sites is 3. The third-order valence-corrected chi connectivity index (χ3v) is 7.80. The maximum atomic E-state index is 2.38. The number of fused-ring (bicyclic) bond motifs is 4. The van der Waals surface area contributed by atoms with E-state index in [0.29, 0.717) is 0 Å². The van der Waals surface area contributed by atoms with Gasteiger partial charge in [0.05, 0.1) is 16.6 Å². The summed E-state index contributed by atoms with van der Waals surface area (Å²) in [6.45, 7) is 4.33. The molecule has 0 unspecified atom stereocenters. The van der Waals surface area contributed by atoms with Crippen LogP contribution in [0.15, 0.2) is 121 Å². The fourth-order valence-electron chi connectivity index (χ4n) is 6.07. The van der Waals surface area contributed by atoms with Gasteiger partial charge in [0.15, 0.2) is 0 Å². The lowest BCUT2D eigenvalue weighted by molar-refractivity contribution is 1.07. The Balaban J connectivity index is 1.29. The van der Waals surface area contributed by atoms with Crippen LogP contribution in [0.2, 0.25) is 0 Å². The van der Waals surface area contributed by atoms with Crippen LogP contribution in [0.4, 0.5) is 0 Å². The number of hydrogen-bond donors (Lipinski definition) is 0. The van der Waals surface area contributed by atoms with E-state index in [0.717, 1.165) is 6.42 Å². The molecule has 0 saturated heterocycles. The van der Waals surface area contributed by atoms with Gasteiger partial charge in [-0.1, -0.05) is 97.9 Å². The molecule has 188 valence electrons. The summed E-state index contributed by atoms with van der Waals surface area (Å²) in [5.41, 5.74) is 8.50. The van der Waals surface area contributed by atoms with Crippen molar-refractivity contribution in [2.45, 2.75) is 20.3 Å². The van der Waals surface area contributed by atoms with Crippen molar-refractivity contribution in [3.05, 3.63) is 132 Å². The van der Waals surface area contributed by atoms with Gasteiger partial charge in [-0.3, -0.25) is 0 Å². The number of aromatic nitrogens is 2. The largest absolute Gasteiger partial charge is 0.310 e. The van der Waals surface area contributed by atoms with E-state index < -0.39 is 0 Å². The quantitative estimate of drug-likeness (QED) is 0.229. The zero-order valence-electron chi connectivity index (χ0n) is 22.3. The first-order valence-electron chi connectivity index (χ1n) is 13.7. The number of hydrogen-bond acceptors (Lipinski definition) is 0. The van der Waals surface area contributed by atoms with Crippen molar-refractivity contribution >= 4 is 44.9 Å². The highest BCUT2D eigenvalue weighted by Crippen LogP contribution is 2.32. The molecule has 7 aromatic rings. The topological polar surface area (TPSA) is 9.86 Å². The second-order valence-corrected chi connectivity index (χ2v) is 10.0. The van der Waals surface area contributed by atoms with E-state index >= 15 is 0 Å². The minimum absolute atomic E-state index is 1.01. The third-order valence-electron chi connectivity index (χ3n) is 7.80. The molecule has 2 heterocycles. The molecule has 0 aliphatic carbocycles. The van der Waals surface area contributed by atoms with E-state index in [1.807, 2.05) is 0 Å². The molecule has 0 saturated carbocycles. The van der Waals surface area contributed by atoms with Gasteiger partial charge in [-0.05, 0) is 66.9 Å². The first-order valence-corrected chi connectivity index (χ1v) is 13.7. The number of benzene rings is 5. The van der Waals surface area contributed by atoms with Gasteiger partial charge >= 0.3 is 0 Å². The molecule has 0 bridgehead atoms. The Morgan fingerprint density at radius 1 is 0.513 bits per heavy atom. The molecule has 0 aliphatic heterocycles. The summed E-state index contributed by atoms with van der Waals surface area (Å²) in [4.78, 5) is 0. The minimum atomic E-state index is 1.01. The van der Waals surface area contributed by atoms with Crippen molar-refractivity contribution in [2.24, 2.45) is 0 Å². The molecule has 5 aromatic carbocycles. The highest BCUT2D eigenvalue weighted by atomic mass is 15.0. The second kappa shape index (κ2) is 9.49. The predicted octanol–water partition coefficient (Wildman–Crippen LogP) is 8.39. The van der Waals surface area contributed by atoms with Gasteiger partial charge in [0.25, 0.3) is 0 Å². The number of rotatable bonds is 4. The lowest BCUT2D eigenvalue weighted by Crippen LogP contribution is -2.28. The van der Waals surface area contributed by atoms with Gasteiger partial charge in [0.1, 0.15) is 0 Å². The zero-order valence-corrected chi connectivity index (χ0v) is 22.3. The maximum absolute atomic E-state index is 2.38. The summed E-state index contributed by atoms with van der Waals surface area (Å²) < 4.78 is 4.74. The van der Waals surface area contributed by atoms with Crippen molar-refractivity contribution in [3.63, 3.8) is 0 Å². The van der Waals surface area contributed by atoms with Crippen molar-refractivity contribution in [2.75, 3.05) is 0 Å². The van der Waals surface area contributed by atoms with Crippen molar-refractivity contribution in [3.8, 4) is 22.5 Å². The fourth-order valence-corrected chi connectivity index (χ4v) is 6.07. The Morgan fingerprint density at radius 2 is 0.949 bits per heavy atom. The molecule has 0 spiro atoms. The first kappa shape index (κ1) is 23.3. The Hall–Kier alpha value is -4.82. The Morgan fingerprint density at radius 3 is 1.44 bits per heavy atom. The molecular formula is C37H30N2. The Labute approximate surface area is 228 Å². The summed E-state index contributed by atoms with van der Waals surface area (Å²) in [6.07, 6.45) is 5.57. The van der Waals surface area contributed by atoms with Crippen LogP contribution in [0.5, 0.6) is 0 Å². The lowest BCUT2D eigenvalue weighted by atomic mass is 10.0. The molecule has 7 rings (SSSR count). The van der Waals surface area contributed by atoms with Gasteiger partial charge in [0.2, 0.25) is 0 Å². The summed E-state index contributed by atoms with van der Waals surface area (Å²) >= 11 is 0. The van der Waals surface area contributed by atoms with Crippen LogP contribution in [-0.2, 0) is 0 Å². The van der Waals surface area contributed by atoms with Gasteiger partial charge in [0, 0.05) is 38.1 Å². The molecule has 39 heavy (non-hydrogen) atoms. The van der Waals surface area contributed by atoms with Crippen LogP contribution in [0, 0.1) is 0 Å². The summed E-state index contributed by atoms with van der Waals surface area (Å²) in [5, 5.41) is 6.45. The predicted molar refractivity (Wildman–Crippen MR) is 167 cm³/mol. The van der Waals surface area contributed by atoms with Crippen LogP contribution in [-0.4, -0.2) is 9.13 Å². The van der Waals surface area contributed by atoms with Crippen LogP contribution in [0.3, 0.4) is 0 Å². The smallest absolute Gasteiger partial charge is 0.0541 e. The average Bonchev–Trinajstić information content (AvgIpc) is 3.50. The van der Waals surface area contributed by atoms with Crippen LogP contribution in [0.1, 0.15) is 20.3 Å². The van der Waals surface area contributed by atoms with E-state index in [4.69, 9.17) is 0 Å². The minimum Gasteiger partial charge on any atom is -0.310 e. The first-order chi connectivity index (χ1) is 19.3. The highest BCUT2D eigenvalue weighted by Gasteiger charge is 2.12. The second-order valence-electron chi connectivity index (χ2n) is 10.0. The van der Waals surface area contributed by atoms with Crippen molar-refractivity contribution < 1.29 is 0 Å². The molecule has 0 amide bonds. The highest BCUT2D eigenvalue weighted by molar-refractivity contribution is 6.09. The zero-order chi connectivity index (χ0) is 26.3. The molecule has 0 N–H and O–H groups in total. The van der Waals surface area contributed by atoms with Gasteiger partial charge in [-0.25, -0.2) is 0 Å². The lowest BCUT2D eigenvalue weighted by Gasteiger charge is -2.11. The van der Waals surface area contributed by atoms with Crippen LogP contribution >= 0.6 is 0 Å². The van der Waals surface area contributed by atoms with Gasteiger partial charge in [-0.2, -0.15) is 0 Å². The van der Waals surface area contributed by atoms with Crippen LogP contribution in [0.25, 0.3) is 67.4 Å². The van der Waals surface area contributed by atoms with E-state index in [2.05, 4.69) is 156 Å². The van der Waals surface area contributed by atoms with Crippen molar-refractivity contribution in [1.82, 2.24) is 9.13 Å². The average molecular weight is 503 g/mol. The molecule has 0 radical (unpaired) electrons. The summed E-state index contributed by atoms with van der Waals surface area (Å²) in [5.74, 6) is 0. The molecular weight excluding hydrogens is 472 g/mol. The Kier molecular flexibility index (Phi) is 5.67. The Bertz CT molecular complexity index is 2030. The molecule has 2 nitrogen and oxygen atoms in total. The SMILES string of the molecule is CC=c1c(=CCC)c2ccccc2n1-c1ccc(-c2ccc(-n3c4ccccc4c4ccccc43)cc2)cc1. The molecule has 2 heteroatoms. The van der Waals surface area contributed by atoms with Gasteiger partial charge < -0.3 is 9.13 Å². The monoisotopic (exact) mass is 502 g/mol. The maximum Gasteiger partial charge on any atom is 0.0541 e. The van der Waals surface area contributed by atoms with E-state index in [1.165, 1.54) is 65.8 Å². The molecule has 0 aliphatic rings. The molecule has 0 atom stereocenters.